The van der Waals surface area contributed by atoms with Crippen LogP contribution < -0.4 is 5.32 Å². The van der Waals surface area contributed by atoms with Gasteiger partial charge in [0.05, 0.1) is 17.1 Å². The van der Waals surface area contributed by atoms with Crippen LogP contribution in [0.5, 0.6) is 0 Å². The minimum Gasteiger partial charge on any atom is -0.462 e. The molecule has 1 N–H and O–H groups in total. The van der Waals surface area contributed by atoms with Crippen LogP contribution in [0.3, 0.4) is 0 Å². The van der Waals surface area contributed by atoms with Crippen LogP contribution >= 0.6 is 0 Å². The lowest BCUT2D eigenvalue weighted by Gasteiger charge is -2.17. The van der Waals surface area contributed by atoms with Crippen molar-refractivity contribution >= 4 is 27.6 Å². The number of nitrogens with one attached hydrogen (secondary N) is 1. The summed E-state index contributed by atoms with van der Waals surface area (Å²) in [5.74, 6) is -0.827. The Morgan fingerprint density at radius 1 is 1.03 bits per heavy atom. The number of hydrogen-bond donors (Lipinski definition) is 1. The molecule has 0 atom stereocenters. The van der Waals surface area contributed by atoms with Crippen molar-refractivity contribution < 1.29 is 22.7 Å². The van der Waals surface area contributed by atoms with Crippen LogP contribution in [0.15, 0.2) is 41.3 Å². The van der Waals surface area contributed by atoms with E-state index in [-0.39, 0.29) is 11.5 Å². The van der Waals surface area contributed by atoms with Gasteiger partial charge in [-0.25, -0.2) is 13.2 Å². The van der Waals surface area contributed by atoms with Gasteiger partial charge in [-0.15, -0.1) is 0 Å². The summed E-state index contributed by atoms with van der Waals surface area (Å²) in [7, 11) is -3.61. The fraction of sp³-hybridized carbons (Fsp3) is 0.364. The van der Waals surface area contributed by atoms with E-state index >= 15 is 0 Å². The topological polar surface area (TPSA) is 92.8 Å². The maximum absolute atomic E-state index is 12.9. The van der Waals surface area contributed by atoms with Crippen LogP contribution in [0.2, 0.25) is 0 Å². The molecule has 1 heterocycles. The van der Waals surface area contributed by atoms with Gasteiger partial charge in [0.15, 0.2) is 0 Å². The molecule has 3 rings (SSSR count). The number of hydrogen-bond acceptors (Lipinski definition) is 5. The van der Waals surface area contributed by atoms with Crippen molar-refractivity contribution in [2.24, 2.45) is 0 Å². The highest BCUT2D eigenvalue weighted by Crippen LogP contribution is 2.24. The fourth-order valence-electron chi connectivity index (χ4n) is 3.42. The highest BCUT2D eigenvalue weighted by Gasteiger charge is 2.28. The van der Waals surface area contributed by atoms with Gasteiger partial charge in [-0.1, -0.05) is 6.07 Å². The van der Waals surface area contributed by atoms with Gasteiger partial charge >= 0.3 is 5.97 Å². The molecule has 7 nitrogen and oxygen atoms in total. The first-order valence-electron chi connectivity index (χ1n) is 9.94. The lowest BCUT2D eigenvalue weighted by Crippen LogP contribution is -2.28. The zero-order valence-corrected chi connectivity index (χ0v) is 18.2. The first-order chi connectivity index (χ1) is 14.2. The number of aryl methyl sites for hydroxylation is 2. The molecule has 30 heavy (non-hydrogen) atoms. The Balaban J connectivity index is 1.84. The molecule has 2 aromatic carbocycles. The summed E-state index contributed by atoms with van der Waals surface area (Å²) in [6.07, 6.45) is 1.69. The van der Waals surface area contributed by atoms with E-state index in [4.69, 9.17) is 4.74 Å². The molecule has 0 unspecified atom stereocenters. The van der Waals surface area contributed by atoms with Crippen LogP contribution in [0.25, 0.3) is 0 Å². The Labute approximate surface area is 177 Å². The monoisotopic (exact) mass is 430 g/mol. The molecular formula is C22H26N2O5S. The smallest absolute Gasteiger partial charge is 0.338 e. The SMILES string of the molecule is CCOC(=O)c1ccc(NC(=O)c2cc(S(=O)(=O)N3CCCC3)ccc2C)c(C)c1. The third-order valence-corrected chi connectivity index (χ3v) is 7.04. The first kappa shape index (κ1) is 22.0. The fourth-order valence-corrected chi connectivity index (χ4v) is 4.96. The van der Waals surface area contributed by atoms with Crippen LogP contribution in [-0.4, -0.2) is 44.3 Å². The van der Waals surface area contributed by atoms with Gasteiger partial charge in [0.1, 0.15) is 0 Å². The normalized spacial score (nSPS) is 14.5. The van der Waals surface area contributed by atoms with Gasteiger partial charge in [0.2, 0.25) is 10.0 Å². The Bertz CT molecular complexity index is 1070. The van der Waals surface area contributed by atoms with E-state index in [0.717, 1.165) is 12.8 Å². The summed E-state index contributed by atoms with van der Waals surface area (Å²) >= 11 is 0. The average Bonchev–Trinajstić information content (AvgIpc) is 3.25. The number of ether oxygens (including phenoxy) is 1. The lowest BCUT2D eigenvalue weighted by atomic mass is 10.1. The Hall–Kier alpha value is -2.71. The number of carbonyl (C=O) groups is 2. The predicted molar refractivity (Wildman–Crippen MR) is 114 cm³/mol. The second-order valence-electron chi connectivity index (χ2n) is 7.29. The van der Waals surface area contributed by atoms with Crippen LogP contribution in [0.1, 0.15) is 51.6 Å². The van der Waals surface area contributed by atoms with Crippen molar-refractivity contribution in [2.45, 2.75) is 38.5 Å². The second kappa shape index (κ2) is 8.97. The number of nitrogens with zero attached hydrogens (tertiary/aromatic N) is 1. The van der Waals surface area contributed by atoms with Gasteiger partial charge in [-0.05, 0) is 75.1 Å². The summed E-state index contributed by atoms with van der Waals surface area (Å²) in [4.78, 5) is 24.9. The molecule has 1 amide bonds. The van der Waals surface area contributed by atoms with Gasteiger partial charge < -0.3 is 10.1 Å². The van der Waals surface area contributed by atoms with Crippen molar-refractivity contribution in [1.82, 2.24) is 4.31 Å². The van der Waals surface area contributed by atoms with Crippen LogP contribution in [0.4, 0.5) is 5.69 Å². The molecule has 1 fully saturated rings. The average molecular weight is 431 g/mol. The zero-order chi connectivity index (χ0) is 21.9. The first-order valence-corrected chi connectivity index (χ1v) is 11.4. The zero-order valence-electron chi connectivity index (χ0n) is 17.4. The molecule has 1 aliphatic heterocycles. The lowest BCUT2D eigenvalue weighted by molar-refractivity contribution is 0.0526. The van der Waals surface area contributed by atoms with Gasteiger partial charge in [-0.2, -0.15) is 4.31 Å². The molecule has 0 bridgehead atoms. The Morgan fingerprint density at radius 2 is 1.73 bits per heavy atom. The number of carbonyl (C=O) groups excluding carboxylic acids is 2. The third kappa shape index (κ3) is 4.55. The number of sulfonamides is 1. The van der Waals surface area contributed by atoms with E-state index in [1.54, 1.807) is 51.1 Å². The van der Waals surface area contributed by atoms with Gasteiger partial charge in [0.25, 0.3) is 5.91 Å². The molecule has 1 aliphatic rings. The summed E-state index contributed by atoms with van der Waals surface area (Å²) in [6.45, 7) is 6.57. The molecule has 1 saturated heterocycles. The molecule has 160 valence electrons. The van der Waals surface area contributed by atoms with E-state index in [9.17, 15) is 18.0 Å². The standard InChI is InChI=1S/C22H26N2O5S/c1-4-29-22(26)17-8-10-20(16(3)13-17)23-21(25)19-14-18(9-7-15(19)2)30(27,28)24-11-5-6-12-24/h7-10,13-14H,4-6,11-12H2,1-3H3,(H,23,25). The van der Waals surface area contributed by atoms with Crippen LogP contribution in [0, 0.1) is 13.8 Å². The highest BCUT2D eigenvalue weighted by atomic mass is 32.2. The minimum absolute atomic E-state index is 0.120. The summed E-state index contributed by atoms with van der Waals surface area (Å²) < 4.78 is 32.1. The molecule has 8 heteroatoms. The summed E-state index contributed by atoms with van der Waals surface area (Å²) in [5, 5.41) is 2.81. The Kier molecular flexibility index (Phi) is 6.58. The predicted octanol–water partition coefficient (Wildman–Crippen LogP) is 3.52. The summed E-state index contributed by atoms with van der Waals surface area (Å²) in [5.41, 5.74) is 2.62. The molecule has 2 aromatic rings. The number of benzene rings is 2. The quantitative estimate of drug-likeness (QED) is 0.708. The van der Waals surface area contributed by atoms with E-state index in [1.807, 2.05) is 0 Å². The molecular weight excluding hydrogens is 404 g/mol. The molecule has 0 aliphatic carbocycles. The number of rotatable bonds is 6. The number of esters is 1. The second-order valence-corrected chi connectivity index (χ2v) is 9.23. The maximum Gasteiger partial charge on any atom is 0.338 e. The van der Waals surface area contributed by atoms with Crippen LogP contribution in [-0.2, 0) is 14.8 Å². The molecule has 0 radical (unpaired) electrons. The number of amides is 1. The number of anilines is 1. The van der Waals surface area contributed by atoms with E-state index in [2.05, 4.69) is 5.32 Å². The van der Waals surface area contributed by atoms with E-state index in [1.165, 1.54) is 10.4 Å². The van der Waals surface area contributed by atoms with Crippen molar-refractivity contribution in [3.63, 3.8) is 0 Å². The largest absolute Gasteiger partial charge is 0.462 e. The molecule has 0 spiro atoms. The molecule has 0 aromatic heterocycles. The van der Waals surface area contributed by atoms with Gasteiger partial charge in [0, 0.05) is 24.3 Å². The van der Waals surface area contributed by atoms with E-state index in [0.29, 0.717) is 41.0 Å². The highest BCUT2D eigenvalue weighted by molar-refractivity contribution is 7.89. The maximum atomic E-state index is 12.9. The van der Waals surface area contributed by atoms with Crippen molar-refractivity contribution in [1.29, 1.82) is 0 Å². The third-order valence-electron chi connectivity index (χ3n) is 5.14. The minimum atomic E-state index is -3.61. The van der Waals surface area contributed by atoms with Gasteiger partial charge in [-0.3, -0.25) is 4.79 Å². The molecule has 0 saturated carbocycles. The van der Waals surface area contributed by atoms with Crippen molar-refractivity contribution in [2.75, 3.05) is 25.0 Å². The Morgan fingerprint density at radius 3 is 2.37 bits per heavy atom. The van der Waals surface area contributed by atoms with Crippen molar-refractivity contribution in [3.8, 4) is 0 Å². The van der Waals surface area contributed by atoms with E-state index < -0.39 is 21.9 Å². The summed E-state index contributed by atoms with van der Waals surface area (Å²) in [6, 6.07) is 9.49. The van der Waals surface area contributed by atoms with Crippen molar-refractivity contribution in [3.05, 3.63) is 58.7 Å².